The number of rotatable bonds is 10. The maximum Gasteiger partial charge on any atom is 0.408 e. The van der Waals surface area contributed by atoms with Gasteiger partial charge in [-0.3, -0.25) is 4.90 Å². The number of hydrogen-bond donors (Lipinski definition) is 2. The molecule has 3 rings (SSSR count). The topological polar surface area (TPSA) is 87.1 Å². The van der Waals surface area contributed by atoms with E-state index in [0.717, 1.165) is 26.1 Å². The van der Waals surface area contributed by atoms with Crippen LogP contribution in [-0.2, 0) is 17.8 Å². The molecular weight excluding hydrogens is 450 g/mol. The quantitative estimate of drug-likeness (QED) is 0.367. The minimum absolute atomic E-state index is 0.0579. The molecule has 1 atom stereocenters. The smallest absolute Gasteiger partial charge is 0.408 e. The summed E-state index contributed by atoms with van der Waals surface area (Å²) in [5, 5.41) is 22.9. The molecule has 1 aromatic heterocycles. The molecule has 0 spiro atoms. The van der Waals surface area contributed by atoms with Crippen molar-refractivity contribution in [1.29, 1.82) is 0 Å². The van der Waals surface area contributed by atoms with Gasteiger partial charge < -0.3 is 14.9 Å². The lowest BCUT2D eigenvalue weighted by Gasteiger charge is -2.27. The number of aliphatic carboxylic acids is 1. The van der Waals surface area contributed by atoms with Crippen LogP contribution in [0.4, 0.5) is 4.79 Å². The second-order valence-corrected chi connectivity index (χ2v) is 9.36. The number of benzene rings is 2. The van der Waals surface area contributed by atoms with Crippen LogP contribution < -0.4 is 4.74 Å². The molecule has 0 bridgehead atoms. The summed E-state index contributed by atoms with van der Waals surface area (Å²) in [6, 6.07) is 12.1. The maximum absolute atomic E-state index is 11.8. The number of para-hydroxylation sites is 1. The number of halogens is 1. The Morgan fingerprint density at radius 1 is 1.12 bits per heavy atom. The summed E-state index contributed by atoms with van der Waals surface area (Å²) < 4.78 is 7.20. The minimum Gasteiger partial charge on any atom is -0.489 e. The lowest BCUT2D eigenvalue weighted by molar-refractivity contribution is -0.143. The number of amides is 1. The Balaban J connectivity index is 1.73. The third-order valence-electron chi connectivity index (χ3n) is 5.20. The second-order valence-electron chi connectivity index (χ2n) is 8.01. The highest BCUT2D eigenvalue weighted by Gasteiger charge is 2.30. The predicted molar refractivity (Wildman–Crippen MR) is 127 cm³/mol. The van der Waals surface area contributed by atoms with Crippen LogP contribution >= 0.6 is 22.9 Å². The highest BCUT2D eigenvalue weighted by Crippen LogP contribution is 2.30. The van der Waals surface area contributed by atoms with Crippen LogP contribution in [0.15, 0.2) is 47.8 Å². The zero-order valence-corrected chi connectivity index (χ0v) is 19.5. The average molecular weight is 476 g/mol. The molecule has 0 radical (unpaired) electrons. The van der Waals surface area contributed by atoms with Crippen molar-refractivity contribution in [3.05, 3.63) is 64.0 Å². The van der Waals surface area contributed by atoms with Crippen molar-refractivity contribution < 1.29 is 24.5 Å². The molecule has 2 aromatic carbocycles. The van der Waals surface area contributed by atoms with Gasteiger partial charge in [0.2, 0.25) is 0 Å². The highest BCUT2D eigenvalue weighted by molar-refractivity contribution is 7.17. The molecule has 3 aromatic rings. The SMILES string of the molecule is CC(C)CC(C(=O)O)N(CCc1ccccc1OCc1csc2ccc(Cl)cc12)C(=O)O. The molecular formula is C24H26ClNO5S. The summed E-state index contributed by atoms with van der Waals surface area (Å²) in [6.45, 7) is 4.17. The molecule has 6 nitrogen and oxygen atoms in total. The third kappa shape index (κ3) is 5.93. The van der Waals surface area contributed by atoms with Gasteiger partial charge in [-0.2, -0.15) is 0 Å². The van der Waals surface area contributed by atoms with Crippen LogP contribution in [0.3, 0.4) is 0 Å². The Morgan fingerprint density at radius 3 is 2.56 bits per heavy atom. The lowest BCUT2D eigenvalue weighted by atomic mass is 10.0. The van der Waals surface area contributed by atoms with Crippen molar-refractivity contribution >= 4 is 45.1 Å². The number of carboxylic acid groups (broad SMARTS) is 2. The Bertz CT molecular complexity index is 1100. The van der Waals surface area contributed by atoms with Crippen LogP contribution in [0.1, 0.15) is 31.4 Å². The van der Waals surface area contributed by atoms with Crippen molar-refractivity contribution in [2.45, 2.75) is 39.3 Å². The van der Waals surface area contributed by atoms with E-state index >= 15 is 0 Å². The molecule has 0 fully saturated rings. The van der Waals surface area contributed by atoms with E-state index in [-0.39, 0.29) is 18.9 Å². The normalized spacial score (nSPS) is 12.1. The van der Waals surface area contributed by atoms with Gasteiger partial charge >= 0.3 is 12.1 Å². The zero-order valence-electron chi connectivity index (χ0n) is 18.0. The fraction of sp³-hybridized carbons (Fsp3) is 0.333. The van der Waals surface area contributed by atoms with Crippen LogP contribution in [-0.4, -0.2) is 39.8 Å². The molecule has 0 aliphatic rings. The summed E-state index contributed by atoms with van der Waals surface area (Å²) in [5.74, 6) is -0.425. The Labute approximate surface area is 196 Å². The van der Waals surface area contributed by atoms with E-state index in [1.165, 1.54) is 0 Å². The molecule has 170 valence electrons. The maximum atomic E-state index is 11.8. The molecule has 0 aliphatic heterocycles. The molecule has 0 saturated carbocycles. The van der Waals surface area contributed by atoms with Crippen molar-refractivity contribution in [3.8, 4) is 5.75 Å². The van der Waals surface area contributed by atoms with Gasteiger partial charge in [0.05, 0.1) is 0 Å². The number of fused-ring (bicyclic) bond motifs is 1. The first-order valence-electron chi connectivity index (χ1n) is 10.3. The molecule has 2 N–H and O–H groups in total. The van der Waals surface area contributed by atoms with Gasteiger partial charge in [0.1, 0.15) is 18.4 Å². The summed E-state index contributed by atoms with van der Waals surface area (Å²) in [4.78, 5) is 24.5. The predicted octanol–water partition coefficient (Wildman–Crippen LogP) is 6.16. The van der Waals surface area contributed by atoms with Gasteiger partial charge in [0, 0.05) is 27.2 Å². The Kier molecular flexibility index (Phi) is 7.99. The molecule has 8 heteroatoms. The summed E-state index contributed by atoms with van der Waals surface area (Å²) in [7, 11) is 0. The fourth-order valence-corrected chi connectivity index (χ4v) is 4.71. The Morgan fingerprint density at radius 2 is 1.88 bits per heavy atom. The molecule has 0 saturated heterocycles. The third-order valence-corrected chi connectivity index (χ3v) is 6.44. The van der Waals surface area contributed by atoms with E-state index in [1.807, 2.05) is 61.7 Å². The van der Waals surface area contributed by atoms with Crippen molar-refractivity contribution in [1.82, 2.24) is 4.90 Å². The first-order valence-corrected chi connectivity index (χ1v) is 11.6. The Hall–Kier alpha value is -2.77. The van der Waals surface area contributed by atoms with E-state index in [4.69, 9.17) is 16.3 Å². The zero-order chi connectivity index (χ0) is 23.3. The van der Waals surface area contributed by atoms with Crippen LogP contribution in [0.2, 0.25) is 5.02 Å². The summed E-state index contributed by atoms with van der Waals surface area (Å²) in [5.41, 5.74) is 1.85. The van der Waals surface area contributed by atoms with Crippen molar-refractivity contribution in [3.63, 3.8) is 0 Å². The summed E-state index contributed by atoms with van der Waals surface area (Å²) in [6.07, 6.45) is -0.633. The van der Waals surface area contributed by atoms with E-state index in [2.05, 4.69) is 0 Å². The number of ether oxygens (including phenoxy) is 1. The minimum atomic E-state index is -1.24. The van der Waals surface area contributed by atoms with Gasteiger partial charge in [0.15, 0.2) is 0 Å². The van der Waals surface area contributed by atoms with E-state index in [9.17, 15) is 19.8 Å². The average Bonchev–Trinajstić information content (AvgIpc) is 3.13. The molecule has 1 heterocycles. The highest BCUT2D eigenvalue weighted by atomic mass is 35.5. The van der Waals surface area contributed by atoms with Crippen LogP contribution in [0, 0.1) is 5.92 Å². The number of thiophene rings is 1. The largest absolute Gasteiger partial charge is 0.489 e. The van der Waals surface area contributed by atoms with Crippen LogP contribution in [0.25, 0.3) is 10.1 Å². The van der Waals surface area contributed by atoms with E-state index in [0.29, 0.717) is 23.8 Å². The number of nitrogens with zero attached hydrogens (tertiary/aromatic N) is 1. The molecule has 1 amide bonds. The molecule has 1 unspecified atom stereocenters. The van der Waals surface area contributed by atoms with E-state index in [1.54, 1.807) is 11.3 Å². The standard InChI is InChI=1S/C24H26ClNO5S/c1-15(2)11-20(23(27)28)26(24(29)30)10-9-16-5-3-4-6-21(16)31-13-17-14-32-22-8-7-18(25)12-19(17)22/h3-8,12,14-15,20H,9-11,13H2,1-2H3,(H,27,28)(H,29,30). The van der Waals surface area contributed by atoms with Gasteiger partial charge in [-0.05, 0) is 54.0 Å². The lowest BCUT2D eigenvalue weighted by Crippen LogP contribution is -2.46. The van der Waals surface area contributed by atoms with Gasteiger partial charge in [0.25, 0.3) is 0 Å². The van der Waals surface area contributed by atoms with Gasteiger partial charge in [-0.25, -0.2) is 9.59 Å². The fourth-order valence-electron chi connectivity index (χ4n) is 3.61. The second kappa shape index (κ2) is 10.7. The number of carbonyl (C=O) groups is 2. The van der Waals surface area contributed by atoms with E-state index < -0.39 is 18.1 Å². The van der Waals surface area contributed by atoms with Gasteiger partial charge in [-0.15, -0.1) is 11.3 Å². The first-order chi connectivity index (χ1) is 15.3. The molecule has 0 aliphatic carbocycles. The first kappa shape index (κ1) is 23.9. The number of carboxylic acids is 1. The summed E-state index contributed by atoms with van der Waals surface area (Å²) >= 11 is 7.76. The molecule has 32 heavy (non-hydrogen) atoms. The monoisotopic (exact) mass is 475 g/mol. The van der Waals surface area contributed by atoms with Crippen LogP contribution in [0.5, 0.6) is 5.75 Å². The number of hydrogen-bond acceptors (Lipinski definition) is 4. The van der Waals surface area contributed by atoms with Crippen molar-refractivity contribution in [2.24, 2.45) is 5.92 Å². The van der Waals surface area contributed by atoms with Gasteiger partial charge in [-0.1, -0.05) is 43.6 Å². The van der Waals surface area contributed by atoms with Crippen molar-refractivity contribution in [2.75, 3.05) is 6.54 Å².